The van der Waals surface area contributed by atoms with E-state index in [2.05, 4.69) is 61.0 Å². The molecule has 0 unspecified atom stereocenters. The van der Waals surface area contributed by atoms with Gasteiger partial charge in [0, 0.05) is 48.1 Å². The van der Waals surface area contributed by atoms with E-state index < -0.39 is 5.92 Å². The lowest BCUT2D eigenvalue weighted by atomic mass is 10.1. The topological polar surface area (TPSA) is 60.2 Å². The Bertz CT molecular complexity index is 1050. The van der Waals surface area contributed by atoms with Crippen LogP contribution < -0.4 is 0 Å². The predicted octanol–water partition coefficient (Wildman–Crippen LogP) is 4.57. The highest BCUT2D eigenvalue weighted by molar-refractivity contribution is 9.10. The first kappa shape index (κ1) is 21.8. The number of benzene rings is 2. The van der Waals surface area contributed by atoms with Gasteiger partial charge in [0.25, 0.3) is 0 Å². The molecule has 1 fully saturated rings. The molecule has 1 aliphatic heterocycles. The number of thiazole rings is 1. The summed E-state index contributed by atoms with van der Waals surface area (Å²) in [5.74, 6) is -0.882. The third-order valence-electron chi connectivity index (χ3n) is 5.45. The number of halogens is 1. The predicted molar refractivity (Wildman–Crippen MR) is 127 cm³/mol. The Morgan fingerprint density at radius 1 is 1.06 bits per heavy atom. The van der Waals surface area contributed by atoms with Gasteiger partial charge in [-0.25, -0.2) is 4.98 Å². The molecule has 1 atom stereocenters. The standard InChI is InChI=1S/C24H23BrN4OS/c25-20-8-6-19(7-9-20)22-17-31-24(27-22)21(14-26)23(30)16-29-12-10-28(11-13-29)15-18-4-2-1-3-5-18/h1-9,17,21H,10-13,15-16H2/t21-/m0/s1. The van der Waals surface area contributed by atoms with Gasteiger partial charge in [0.15, 0.2) is 11.7 Å². The van der Waals surface area contributed by atoms with Crippen LogP contribution in [0.1, 0.15) is 16.5 Å². The minimum atomic E-state index is -0.809. The molecule has 0 saturated carbocycles. The van der Waals surface area contributed by atoms with E-state index in [0.717, 1.165) is 48.5 Å². The molecular formula is C24H23BrN4OS. The van der Waals surface area contributed by atoms with Crippen LogP contribution in [0.4, 0.5) is 0 Å². The summed E-state index contributed by atoms with van der Waals surface area (Å²) in [4.78, 5) is 22.0. The van der Waals surface area contributed by atoms with Gasteiger partial charge in [-0.2, -0.15) is 5.26 Å². The van der Waals surface area contributed by atoms with Crippen LogP contribution in [-0.4, -0.2) is 53.3 Å². The first-order chi connectivity index (χ1) is 15.1. The van der Waals surface area contributed by atoms with E-state index in [9.17, 15) is 10.1 Å². The Kier molecular flexibility index (Phi) is 7.25. The number of hydrogen-bond acceptors (Lipinski definition) is 6. The normalized spacial score (nSPS) is 16.0. The molecular weight excluding hydrogens is 472 g/mol. The quantitative estimate of drug-likeness (QED) is 0.481. The maximum absolute atomic E-state index is 12.9. The molecule has 0 aliphatic carbocycles. The largest absolute Gasteiger partial charge is 0.297 e. The van der Waals surface area contributed by atoms with E-state index in [4.69, 9.17) is 0 Å². The third-order valence-corrected chi connectivity index (χ3v) is 6.89. The van der Waals surface area contributed by atoms with Crippen molar-refractivity contribution in [3.05, 3.63) is 75.0 Å². The molecule has 0 bridgehead atoms. The van der Waals surface area contributed by atoms with Gasteiger partial charge in [0.05, 0.1) is 18.3 Å². The average molecular weight is 495 g/mol. The molecule has 2 aromatic carbocycles. The highest BCUT2D eigenvalue weighted by Gasteiger charge is 2.27. The van der Waals surface area contributed by atoms with Crippen molar-refractivity contribution >= 4 is 33.0 Å². The fourth-order valence-corrected chi connectivity index (χ4v) is 4.85. The summed E-state index contributed by atoms with van der Waals surface area (Å²) in [7, 11) is 0. The Morgan fingerprint density at radius 2 is 1.74 bits per heavy atom. The molecule has 1 aromatic heterocycles. The SMILES string of the molecule is N#C[C@@H](C(=O)CN1CCN(Cc2ccccc2)CC1)c1nc(-c2ccc(Br)cc2)cs1. The smallest absolute Gasteiger partial charge is 0.170 e. The maximum Gasteiger partial charge on any atom is 0.170 e. The lowest BCUT2D eigenvalue weighted by molar-refractivity contribution is -0.120. The van der Waals surface area contributed by atoms with E-state index >= 15 is 0 Å². The van der Waals surface area contributed by atoms with Crippen LogP contribution in [0.3, 0.4) is 0 Å². The average Bonchev–Trinajstić information content (AvgIpc) is 3.26. The second kappa shape index (κ2) is 10.3. The highest BCUT2D eigenvalue weighted by atomic mass is 79.9. The minimum absolute atomic E-state index is 0.0734. The van der Waals surface area contributed by atoms with E-state index in [1.165, 1.54) is 16.9 Å². The summed E-state index contributed by atoms with van der Waals surface area (Å²) in [5, 5.41) is 12.2. The Balaban J connectivity index is 1.33. The van der Waals surface area contributed by atoms with Gasteiger partial charge in [-0.15, -0.1) is 11.3 Å². The summed E-state index contributed by atoms with van der Waals surface area (Å²) in [5.41, 5.74) is 3.08. The van der Waals surface area contributed by atoms with Crippen molar-refractivity contribution < 1.29 is 4.79 Å². The number of ketones is 1. The highest BCUT2D eigenvalue weighted by Crippen LogP contribution is 2.28. The maximum atomic E-state index is 12.9. The zero-order valence-electron chi connectivity index (χ0n) is 17.1. The molecule has 5 nitrogen and oxygen atoms in total. The monoisotopic (exact) mass is 494 g/mol. The number of rotatable bonds is 7. The van der Waals surface area contributed by atoms with E-state index in [1.807, 2.05) is 35.7 Å². The first-order valence-electron chi connectivity index (χ1n) is 10.2. The summed E-state index contributed by atoms with van der Waals surface area (Å²) >= 11 is 4.81. The summed E-state index contributed by atoms with van der Waals surface area (Å²) in [6.45, 7) is 4.73. The number of carbonyl (C=O) groups excluding carboxylic acids is 1. The zero-order valence-corrected chi connectivity index (χ0v) is 19.5. The van der Waals surface area contributed by atoms with Crippen molar-refractivity contribution in [3.8, 4) is 17.3 Å². The lowest BCUT2D eigenvalue weighted by Gasteiger charge is -2.34. The van der Waals surface area contributed by atoms with Crippen LogP contribution in [0.2, 0.25) is 0 Å². The Hall–Kier alpha value is -2.37. The number of nitriles is 1. The Labute approximate surface area is 195 Å². The molecule has 1 saturated heterocycles. The van der Waals surface area contributed by atoms with E-state index in [1.54, 1.807) is 0 Å². The van der Waals surface area contributed by atoms with Crippen molar-refractivity contribution in [2.45, 2.75) is 12.5 Å². The minimum Gasteiger partial charge on any atom is -0.297 e. The van der Waals surface area contributed by atoms with Crippen molar-refractivity contribution in [1.29, 1.82) is 5.26 Å². The van der Waals surface area contributed by atoms with Gasteiger partial charge in [-0.3, -0.25) is 14.6 Å². The van der Waals surface area contributed by atoms with Gasteiger partial charge in [-0.05, 0) is 17.7 Å². The summed E-state index contributed by atoms with van der Waals surface area (Å²) in [6, 6.07) is 20.5. The van der Waals surface area contributed by atoms with Gasteiger partial charge in [0.1, 0.15) is 5.01 Å². The molecule has 0 amide bonds. The number of Topliss-reactive ketones (excluding diaryl/α,β-unsaturated/α-hetero) is 1. The van der Waals surface area contributed by atoms with Crippen molar-refractivity contribution in [3.63, 3.8) is 0 Å². The van der Waals surface area contributed by atoms with Crippen molar-refractivity contribution in [2.75, 3.05) is 32.7 Å². The fraction of sp³-hybridized carbons (Fsp3) is 0.292. The number of nitrogens with zero attached hydrogens (tertiary/aromatic N) is 4. The van der Waals surface area contributed by atoms with Crippen LogP contribution in [0.5, 0.6) is 0 Å². The molecule has 7 heteroatoms. The van der Waals surface area contributed by atoms with Gasteiger partial charge < -0.3 is 0 Å². The zero-order chi connectivity index (χ0) is 21.6. The van der Waals surface area contributed by atoms with Crippen LogP contribution in [0.25, 0.3) is 11.3 Å². The number of aromatic nitrogens is 1. The van der Waals surface area contributed by atoms with E-state index in [-0.39, 0.29) is 5.78 Å². The van der Waals surface area contributed by atoms with Gasteiger partial charge in [0.2, 0.25) is 0 Å². The molecule has 31 heavy (non-hydrogen) atoms. The molecule has 2 heterocycles. The van der Waals surface area contributed by atoms with E-state index in [0.29, 0.717) is 11.6 Å². The summed E-state index contributed by atoms with van der Waals surface area (Å²) < 4.78 is 1.00. The first-order valence-corrected chi connectivity index (χ1v) is 11.9. The third kappa shape index (κ3) is 5.66. The fourth-order valence-electron chi connectivity index (χ4n) is 3.70. The molecule has 1 aliphatic rings. The number of hydrogen-bond donors (Lipinski definition) is 0. The molecule has 0 radical (unpaired) electrons. The number of carbonyl (C=O) groups is 1. The molecule has 0 spiro atoms. The van der Waals surface area contributed by atoms with Crippen LogP contribution in [0, 0.1) is 11.3 Å². The van der Waals surface area contributed by atoms with Crippen LogP contribution in [-0.2, 0) is 11.3 Å². The molecule has 3 aromatic rings. The molecule has 158 valence electrons. The van der Waals surface area contributed by atoms with Gasteiger partial charge in [-0.1, -0.05) is 58.4 Å². The second-order valence-corrected chi connectivity index (χ2v) is 9.45. The lowest BCUT2D eigenvalue weighted by Crippen LogP contribution is -2.47. The molecule has 0 N–H and O–H groups in total. The number of piperazine rings is 1. The Morgan fingerprint density at radius 3 is 2.42 bits per heavy atom. The van der Waals surface area contributed by atoms with Crippen LogP contribution in [0.15, 0.2) is 64.5 Å². The molecule has 4 rings (SSSR count). The van der Waals surface area contributed by atoms with Crippen molar-refractivity contribution in [1.82, 2.24) is 14.8 Å². The second-order valence-electron chi connectivity index (χ2n) is 7.64. The summed E-state index contributed by atoms with van der Waals surface area (Å²) in [6.07, 6.45) is 0. The van der Waals surface area contributed by atoms with Crippen molar-refractivity contribution in [2.24, 2.45) is 0 Å². The van der Waals surface area contributed by atoms with Crippen LogP contribution >= 0.6 is 27.3 Å². The van der Waals surface area contributed by atoms with Gasteiger partial charge >= 0.3 is 0 Å².